The van der Waals surface area contributed by atoms with Gasteiger partial charge in [-0.3, -0.25) is 19.5 Å². The van der Waals surface area contributed by atoms with E-state index in [1.807, 2.05) is 18.3 Å². The van der Waals surface area contributed by atoms with Crippen molar-refractivity contribution in [3.8, 4) is 5.75 Å². The lowest BCUT2D eigenvalue weighted by Gasteiger charge is -2.36. The number of likely N-dealkylation sites (N-methyl/N-ethyl adjacent to an activating group) is 1. The van der Waals surface area contributed by atoms with Gasteiger partial charge in [-0.25, -0.2) is 0 Å². The van der Waals surface area contributed by atoms with Crippen molar-refractivity contribution in [3.05, 3.63) is 53.9 Å². The van der Waals surface area contributed by atoms with Gasteiger partial charge >= 0.3 is 0 Å². The summed E-state index contributed by atoms with van der Waals surface area (Å²) in [5.41, 5.74) is 2.21. The van der Waals surface area contributed by atoms with Gasteiger partial charge in [-0.05, 0) is 55.5 Å². The molecule has 0 unspecified atom stereocenters. The van der Waals surface area contributed by atoms with E-state index in [1.54, 1.807) is 37.4 Å². The molecule has 206 valence electrons. The molecule has 0 saturated heterocycles. The van der Waals surface area contributed by atoms with Crippen molar-refractivity contribution in [3.63, 3.8) is 0 Å². The SMILES string of the molecule is CO[C@@H]1CN(C)C(=O)c2cc(NC(=O)C3CCCCC3)ccc2OC[C@@H](C)N(Cc2cccnc2)C[C@@H]1C. The number of fused-ring (bicyclic) bond motifs is 1. The van der Waals surface area contributed by atoms with Crippen LogP contribution in [0.4, 0.5) is 5.69 Å². The van der Waals surface area contributed by atoms with Crippen LogP contribution in [0.3, 0.4) is 0 Å². The van der Waals surface area contributed by atoms with Crippen molar-refractivity contribution >= 4 is 17.5 Å². The fourth-order valence-corrected chi connectivity index (χ4v) is 5.48. The first-order valence-electron chi connectivity index (χ1n) is 13.8. The third-order valence-electron chi connectivity index (χ3n) is 7.93. The molecule has 8 nitrogen and oxygen atoms in total. The third-order valence-corrected chi connectivity index (χ3v) is 7.93. The van der Waals surface area contributed by atoms with E-state index in [4.69, 9.17) is 9.47 Å². The number of hydrogen-bond donors (Lipinski definition) is 1. The quantitative estimate of drug-likeness (QED) is 0.618. The number of pyridine rings is 1. The van der Waals surface area contributed by atoms with Crippen LogP contribution in [0.15, 0.2) is 42.7 Å². The molecule has 0 spiro atoms. The normalized spacial score (nSPS) is 24.1. The van der Waals surface area contributed by atoms with Gasteiger partial charge in [0.2, 0.25) is 5.91 Å². The zero-order valence-corrected chi connectivity index (χ0v) is 23.2. The van der Waals surface area contributed by atoms with Gasteiger partial charge in [0.25, 0.3) is 5.91 Å². The average molecular weight is 523 g/mol. The number of rotatable bonds is 5. The Morgan fingerprint density at radius 3 is 2.66 bits per heavy atom. The maximum absolute atomic E-state index is 13.6. The highest BCUT2D eigenvalue weighted by molar-refractivity contribution is 5.99. The Hall–Kier alpha value is -2.97. The summed E-state index contributed by atoms with van der Waals surface area (Å²) in [4.78, 5) is 34.8. The lowest BCUT2D eigenvalue weighted by Crippen LogP contribution is -2.46. The highest BCUT2D eigenvalue weighted by atomic mass is 16.5. The molecule has 2 amide bonds. The number of aromatic nitrogens is 1. The monoisotopic (exact) mass is 522 g/mol. The minimum atomic E-state index is -0.150. The van der Waals surface area contributed by atoms with E-state index < -0.39 is 0 Å². The minimum Gasteiger partial charge on any atom is -0.491 e. The van der Waals surface area contributed by atoms with Crippen molar-refractivity contribution in [1.82, 2.24) is 14.8 Å². The average Bonchev–Trinajstić information content (AvgIpc) is 2.94. The predicted octanol–water partition coefficient (Wildman–Crippen LogP) is 4.61. The Bertz CT molecular complexity index is 1070. The molecule has 8 heteroatoms. The number of amides is 2. The molecule has 1 N–H and O–H groups in total. The number of benzene rings is 1. The summed E-state index contributed by atoms with van der Waals surface area (Å²) >= 11 is 0. The van der Waals surface area contributed by atoms with E-state index in [1.165, 1.54) is 6.42 Å². The Labute approximate surface area is 226 Å². The second-order valence-corrected chi connectivity index (χ2v) is 10.9. The smallest absolute Gasteiger partial charge is 0.257 e. The topological polar surface area (TPSA) is 84.0 Å². The number of nitrogens with zero attached hydrogens (tertiary/aromatic N) is 3. The molecule has 1 saturated carbocycles. The van der Waals surface area contributed by atoms with Crippen LogP contribution in [-0.2, 0) is 16.1 Å². The van der Waals surface area contributed by atoms with E-state index in [9.17, 15) is 9.59 Å². The highest BCUT2D eigenvalue weighted by Crippen LogP contribution is 2.29. The number of nitrogens with one attached hydrogen (secondary N) is 1. The molecular formula is C30H42N4O4. The Balaban J connectivity index is 1.59. The van der Waals surface area contributed by atoms with Crippen LogP contribution in [0.5, 0.6) is 5.75 Å². The van der Waals surface area contributed by atoms with Crippen molar-refractivity contribution in [2.75, 3.05) is 39.2 Å². The zero-order valence-electron chi connectivity index (χ0n) is 23.2. The molecule has 2 aromatic rings. The lowest BCUT2D eigenvalue weighted by molar-refractivity contribution is -0.120. The molecule has 1 aromatic carbocycles. The number of hydrogen-bond acceptors (Lipinski definition) is 6. The summed E-state index contributed by atoms with van der Waals surface area (Å²) in [7, 11) is 3.50. The standard InChI is InChI=1S/C30H42N4O4/c1-21-17-34(18-23-9-8-14-31-16-23)22(2)20-38-27-13-12-25(32-29(35)24-10-6-5-7-11-24)15-26(27)30(36)33(3)19-28(21)37-4/h8-9,12-16,21-22,24,28H,5-7,10-11,17-20H2,1-4H3,(H,32,35)/t21-,22+,28+/m0/s1. The number of carbonyl (C=O) groups is 2. The van der Waals surface area contributed by atoms with Gasteiger partial charge in [-0.2, -0.15) is 0 Å². The first-order valence-corrected chi connectivity index (χ1v) is 13.8. The van der Waals surface area contributed by atoms with Crippen LogP contribution in [-0.4, -0.2) is 72.6 Å². The largest absolute Gasteiger partial charge is 0.491 e. The van der Waals surface area contributed by atoms with Gasteiger partial charge in [0, 0.05) is 63.8 Å². The van der Waals surface area contributed by atoms with Crippen LogP contribution in [0, 0.1) is 11.8 Å². The molecule has 1 fully saturated rings. The number of methoxy groups -OCH3 is 1. The van der Waals surface area contributed by atoms with E-state index in [0.29, 0.717) is 30.2 Å². The van der Waals surface area contributed by atoms with Crippen LogP contribution in [0.2, 0.25) is 0 Å². The summed E-state index contributed by atoms with van der Waals surface area (Å²) in [6.07, 6.45) is 8.77. The predicted molar refractivity (Wildman–Crippen MR) is 148 cm³/mol. The van der Waals surface area contributed by atoms with Gasteiger partial charge in [-0.15, -0.1) is 0 Å². The summed E-state index contributed by atoms with van der Waals surface area (Å²) in [5.74, 6) is 0.619. The van der Waals surface area contributed by atoms with Crippen molar-refractivity contribution in [1.29, 1.82) is 0 Å². The van der Waals surface area contributed by atoms with E-state index in [-0.39, 0.29) is 35.8 Å². The molecule has 2 aliphatic rings. The maximum atomic E-state index is 13.6. The van der Waals surface area contributed by atoms with Crippen molar-refractivity contribution in [2.45, 2.75) is 64.6 Å². The Morgan fingerprint density at radius 1 is 1.16 bits per heavy atom. The molecule has 0 bridgehead atoms. The fourth-order valence-electron chi connectivity index (χ4n) is 5.48. The highest BCUT2D eigenvalue weighted by Gasteiger charge is 2.29. The lowest BCUT2D eigenvalue weighted by atomic mass is 9.88. The molecular weight excluding hydrogens is 480 g/mol. The molecule has 1 aliphatic carbocycles. The number of ether oxygens (including phenoxy) is 2. The van der Waals surface area contributed by atoms with Gasteiger partial charge in [0.1, 0.15) is 12.4 Å². The summed E-state index contributed by atoms with van der Waals surface area (Å²) < 4.78 is 12.1. The van der Waals surface area contributed by atoms with Crippen LogP contribution < -0.4 is 10.1 Å². The molecule has 2 heterocycles. The van der Waals surface area contributed by atoms with Gasteiger partial charge < -0.3 is 19.7 Å². The van der Waals surface area contributed by atoms with Gasteiger partial charge in [0.05, 0.1) is 11.7 Å². The first-order chi connectivity index (χ1) is 18.4. The van der Waals surface area contributed by atoms with E-state index in [0.717, 1.165) is 44.3 Å². The van der Waals surface area contributed by atoms with E-state index >= 15 is 0 Å². The Kier molecular flexibility index (Phi) is 9.74. The van der Waals surface area contributed by atoms with E-state index in [2.05, 4.69) is 35.1 Å². The van der Waals surface area contributed by atoms with Crippen molar-refractivity contribution < 1.29 is 19.1 Å². The second-order valence-electron chi connectivity index (χ2n) is 10.9. The number of carbonyl (C=O) groups excluding carboxylic acids is 2. The molecule has 38 heavy (non-hydrogen) atoms. The molecule has 4 rings (SSSR count). The molecule has 0 radical (unpaired) electrons. The first kappa shape index (κ1) is 28.0. The van der Waals surface area contributed by atoms with Crippen LogP contribution >= 0.6 is 0 Å². The summed E-state index contributed by atoms with van der Waals surface area (Å²) in [6, 6.07) is 9.51. The third kappa shape index (κ3) is 7.11. The zero-order chi connectivity index (χ0) is 27.1. The van der Waals surface area contributed by atoms with Gasteiger partial charge in [-0.1, -0.05) is 32.3 Å². The maximum Gasteiger partial charge on any atom is 0.257 e. The van der Waals surface area contributed by atoms with Crippen LogP contribution in [0.1, 0.15) is 61.9 Å². The van der Waals surface area contributed by atoms with Crippen molar-refractivity contribution in [2.24, 2.45) is 11.8 Å². The molecule has 1 aliphatic heterocycles. The van der Waals surface area contributed by atoms with Crippen LogP contribution in [0.25, 0.3) is 0 Å². The Morgan fingerprint density at radius 2 is 1.95 bits per heavy atom. The van der Waals surface area contributed by atoms with Gasteiger partial charge in [0.15, 0.2) is 0 Å². The second kappa shape index (κ2) is 13.2. The molecule has 3 atom stereocenters. The number of anilines is 1. The summed E-state index contributed by atoms with van der Waals surface area (Å²) in [6.45, 7) is 6.70. The fraction of sp³-hybridized carbons (Fsp3) is 0.567. The molecule has 1 aromatic heterocycles. The summed E-state index contributed by atoms with van der Waals surface area (Å²) in [5, 5.41) is 3.05. The minimum absolute atomic E-state index is 0.0347.